The van der Waals surface area contributed by atoms with Crippen LogP contribution in [0.1, 0.15) is 34.6 Å². The molecule has 0 rings (SSSR count). The van der Waals surface area contributed by atoms with Crippen molar-refractivity contribution in [2.45, 2.75) is 40.2 Å². The van der Waals surface area contributed by atoms with Crippen LogP contribution in [-0.2, 0) is 9.53 Å². The van der Waals surface area contributed by atoms with E-state index in [4.69, 9.17) is 4.74 Å². The molecule has 1 N–H and O–H groups in total. The molecular weight excluding hydrogens is 206 g/mol. The maximum atomic E-state index is 11.3. The Balaban J connectivity index is 4.00. The molecular formula is C12H19NO3. The predicted molar refractivity (Wildman–Crippen MR) is 61.9 cm³/mol. The van der Waals surface area contributed by atoms with Gasteiger partial charge in [-0.15, -0.1) is 0 Å². The van der Waals surface area contributed by atoms with E-state index in [9.17, 15) is 9.59 Å². The van der Waals surface area contributed by atoms with Gasteiger partial charge < -0.3 is 10.1 Å². The van der Waals surface area contributed by atoms with E-state index in [2.05, 4.69) is 17.2 Å². The zero-order valence-electron chi connectivity index (χ0n) is 10.5. The number of alkyl carbamates (subject to hydrolysis) is 1. The standard InChI is InChI=1S/C12H19NO3/c1-6-7-10(14)9(2)8-13-11(15)16-12(3,4)5/h9H,8H2,1-5H3,(H,13,15). The molecule has 0 aromatic rings. The summed E-state index contributed by atoms with van der Waals surface area (Å²) in [6.07, 6.45) is -0.517. The second-order valence-corrected chi connectivity index (χ2v) is 4.52. The van der Waals surface area contributed by atoms with Crippen molar-refractivity contribution in [1.82, 2.24) is 5.32 Å². The number of hydrogen-bond acceptors (Lipinski definition) is 3. The topological polar surface area (TPSA) is 55.4 Å². The van der Waals surface area contributed by atoms with Crippen molar-refractivity contribution >= 4 is 11.9 Å². The van der Waals surface area contributed by atoms with E-state index in [1.54, 1.807) is 34.6 Å². The van der Waals surface area contributed by atoms with Gasteiger partial charge in [0.1, 0.15) is 5.60 Å². The summed E-state index contributed by atoms with van der Waals surface area (Å²) in [4.78, 5) is 22.5. The number of ether oxygens (including phenoxy) is 1. The average molecular weight is 225 g/mol. The fourth-order valence-electron chi connectivity index (χ4n) is 0.890. The summed E-state index contributed by atoms with van der Waals surface area (Å²) in [6, 6.07) is 0. The summed E-state index contributed by atoms with van der Waals surface area (Å²) in [5.74, 6) is 4.47. The van der Waals surface area contributed by atoms with Gasteiger partial charge >= 0.3 is 6.09 Å². The molecule has 0 bridgehead atoms. The summed E-state index contributed by atoms with van der Waals surface area (Å²) in [5, 5.41) is 2.53. The summed E-state index contributed by atoms with van der Waals surface area (Å²) >= 11 is 0. The van der Waals surface area contributed by atoms with Gasteiger partial charge in [-0.1, -0.05) is 12.8 Å². The lowest BCUT2D eigenvalue weighted by Gasteiger charge is -2.20. The van der Waals surface area contributed by atoms with E-state index in [0.29, 0.717) is 0 Å². The molecule has 0 fully saturated rings. The molecule has 0 aliphatic carbocycles. The van der Waals surface area contributed by atoms with Gasteiger partial charge in [0, 0.05) is 12.5 Å². The van der Waals surface area contributed by atoms with Crippen molar-refractivity contribution in [3.63, 3.8) is 0 Å². The molecule has 1 atom stereocenters. The van der Waals surface area contributed by atoms with Gasteiger partial charge in [0.05, 0.1) is 0 Å². The molecule has 0 saturated carbocycles. The third-order valence-electron chi connectivity index (χ3n) is 1.65. The van der Waals surface area contributed by atoms with E-state index in [1.807, 2.05) is 0 Å². The Labute approximate surface area is 96.7 Å². The number of Topliss-reactive ketones (excluding diaryl/α,β-unsaturated/α-hetero) is 1. The Morgan fingerprint density at radius 3 is 2.38 bits per heavy atom. The molecule has 1 unspecified atom stereocenters. The van der Waals surface area contributed by atoms with Crippen LogP contribution < -0.4 is 5.32 Å². The average Bonchev–Trinajstić information content (AvgIpc) is 2.11. The first-order valence-corrected chi connectivity index (χ1v) is 5.19. The molecule has 0 aromatic carbocycles. The highest BCUT2D eigenvalue weighted by Gasteiger charge is 2.17. The maximum Gasteiger partial charge on any atom is 0.407 e. The fraction of sp³-hybridized carbons (Fsp3) is 0.667. The molecule has 1 amide bonds. The summed E-state index contributed by atoms with van der Waals surface area (Å²) in [7, 11) is 0. The number of amides is 1. The van der Waals surface area contributed by atoms with Crippen LogP contribution in [0.3, 0.4) is 0 Å². The van der Waals surface area contributed by atoms with Crippen molar-refractivity contribution in [3.05, 3.63) is 0 Å². The smallest absolute Gasteiger partial charge is 0.407 e. The van der Waals surface area contributed by atoms with Crippen LogP contribution in [0, 0.1) is 17.8 Å². The first kappa shape index (κ1) is 14.5. The minimum Gasteiger partial charge on any atom is -0.444 e. The van der Waals surface area contributed by atoms with Crippen LogP contribution in [0.4, 0.5) is 4.79 Å². The summed E-state index contributed by atoms with van der Waals surface area (Å²) in [5.41, 5.74) is -0.527. The number of ketones is 1. The van der Waals surface area contributed by atoms with E-state index >= 15 is 0 Å². The molecule has 4 heteroatoms. The van der Waals surface area contributed by atoms with Crippen LogP contribution in [0.15, 0.2) is 0 Å². The largest absolute Gasteiger partial charge is 0.444 e. The van der Waals surface area contributed by atoms with Crippen LogP contribution in [-0.4, -0.2) is 24.0 Å². The zero-order valence-corrected chi connectivity index (χ0v) is 10.5. The number of carbonyl (C=O) groups excluding carboxylic acids is 2. The predicted octanol–water partition coefficient (Wildman–Crippen LogP) is 1.74. The van der Waals surface area contributed by atoms with Crippen molar-refractivity contribution in [2.24, 2.45) is 5.92 Å². The molecule has 16 heavy (non-hydrogen) atoms. The van der Waals surface area contributed by atoms with E-state index in [-0.39, 0.29) is 18.2 Å². The van der Waals surface area contributed by atoms with Gasteiger partial charge in [0.2, 0.25) is 5.78 Å². The molecule has 0 heterocycles. The van der Waals surface area contributed by atoms with Crippen molar-refractivity contribution in [3.8, 4) is 11.8 Å². The van der Waals surface area contributed by atoms with Crippen LogP contribution >= 0.6 is 0 Å². The van der Waals surface area contributed by atoms with E-state index in [1.165, 1.54) is 0 Å². The molecule has 0 aliphatic rings. The molecule has 0 aliphatic heterocycles. The van der Waals surface area contributed by atoms with E-state index in [0.717, 1.165) is 0 Å². The third kappa shape index (κ3) is 6.88. The normalized spacial score (nSPS) is 12.1. The van der Waals surface area contributed by atoms with Gasteiger partial charge in [-0.3, -0.25) is 4.79 Å². The number of nitrogens with one attached hydrogen (secondary N) is 1. The number of hydrogen-bond donors (Lipinski definition) is 1. The Hall–Kier alpha value is -1.50. The lowest BCUT2D eigenvalue weighted by molar-refractivity contribution is -0.116. The van der Waals surface area contributed by atoms with Gasteiger partial charge in [-0.2, -0.15) is 0 Å². The minimum atomic E-state index is -0.527. The van der Waals surface area contributed by atoms with Crippen LogP contribution in [0.5, 0.6) is 0 Å². The molecule has 4 nitrogen and oxygen atoms in total. The highest BCUT2D eigenvalue weighted by atomic mass is 16.6. The monoisotopic (exact) mass is 225 g/mol. The Morgan fingerprint density at radius 2 is 1.94 bits per heavy atom. The van der Waals surface area contributed by atoms with Gasteiger partial charge in [0.15, 0.2) is 0 Å². The molecule has 0 aromatic heterocycles. The quantitative estimate of drug-likeness (QED) is 0.588. The highest BCUT2D eigenvalue weighted by molar-refractivity contribution is 5.97. The number of rotatable bonds is 3. The van der Waals surface area contributed by atoms with Crippen LogP contribution in [0.25, 0.3) is 0 Å². The van der Waals surface area contributed by atoms with Gasteiger partial charge in [-0.25, -0.2) is 4.79 Å². The van der Waals surface area contributed by atoms with Crippen molar-refractivity contribution in [2.75, 3.05) is 6.54 Å². The number of carbonyl (C=O) groups is 2. The molecule has 0 saturated heterocycles. The van der Waals surface area contributed by atoms with Crippen LogP contribution in [0.2, 0.25) is 0 Å². The van der Waals surface area contributed by atoms with Crippen molar-refractivity contribution in [1.29, 1.82) is 0 Å². The SMILES string of the molecule is CC#CC(=O)C(C)CNC(=O)OC(C)(C)C. The first-order chi connectivity index (χ1) is 7.26. The molecule has 0 spiro atoms. The molecule has 90 valence electrons. The lowest BCUT2D eigenvalue weighted by atomic mass is 10.1. The second-order valence-electron chi connectivity index (χ2n) is 4.52. The minimum absolute atomic E-state index is 0.182. The first-order valence-electron chi connectivity index (χ1n) is 5.19. The summed E-state index contributed by atoms with van der Waals surface area (Å²) < 4.78 is 5.03. The summed E-state index contributed by atoms with van der Waals surface area (Å²) in [6.45, 7) is 8.90. The van der Waals surface area contributed by atoms with Gasteiger partial charge in [0.25, 0.3) is 0 Å². The fourth-order valence-corrected chi connectivity index (χ4v) is 0.890. The Morgan fingerprint density at radius 1 is 1.38 bits per heavy atom. The maximum absolute atomic E-state index is 11.3. The zero-order chi connectivity index (χ0) is 12.8. The lowest BCUT2D eigenvalue weighted by Crippen LogP contribution is -2.36. The Kier molecular flexibility index (Phi) is 5.59. The Bertz CT molecular complexity index is 317. The van der Waals surface area contributed by atoms with Gasteiger partial charge in [-0.05, 0) is 33.6 Å². The van der Waals surface area contributed by atoms with Crippen molar-refractivity contribution < 1.29 is 14.3 Å². The van der Waals surface area contributed by atoms with E-state index < -0.39 is 11.7 Å². The molecule has 0 radical (unpaired) electrons. The second kappa shape index (κ2) is 6.16. The third-order valence-corrected chi connectivity index (χ3v) is 1.65. The highest BCUT2D eigenvalue weighted by Crippen LogP contribution is 2.06.